The van der Waals surface area contributed by atoms with Crippen LogP contribution in [0.5, 0.6) is 5.75 Å². The lowest BCUT2D eigenvalue weighted by Gasteiger charge is -2.08. The Kier molecular flexibility index (Phi) is 6.28. The van der Waals surface area contributed by atoms with Gasteiger partial charge in [-0.3, -0.25) is 9.59 Å². The maximum absolute atomic E-state index is 12.2. The Balaban J connectivity index is 1.96. The van der Waals surface area contributed by atoms with Crippen LogP contribution in [0.4, 0.5) is 5.69 Å². The summed E-state index contributed by atoms with van der Waals surface area (Å²) < 4.78 is 10.4. The van der Waals surface area contributed by atoms with Crippen molar-refractivity contribution >= 4 is 23.3 Å². The fraction of sp³-hybridized carbons (Fsp3) is 0.211. The maximum atomic E-state index is 12.2. The normalized spacial score (nSPS) is 10.0. The number of rotatable bonds is 7. The van der Waals surface area contributed by atoms with Crippen molar-refractivity contribution in [3.05, 3.63) is 59.7 Å². The van der Waals surface area contributed by atoms with E-state index >= 15 is 0 Å². The van der Waals surface area contributed by atoms with Crippen molar-refractivity contribution < 1.29 is 23.9 Å². The molecule has 0 aromatic heterocycles. The number of carbonyl (C=O) groups is 3. The molecule has 0 spiro atoms. The highest BCUT2D eigenvalue weighted by Gasteiger charge is 2.10. The van der Waals surface area contributed by atoms with E-state index in [0.717, 1.165) is 0 Å². The molecule has 2 rings (SSSR count). The van der Waals surface area contributed by atoms with Gasteiger partial charge in [0.2, 0.25) is 5.91 Å². The second-order valence-electron chi connectivity index (χ2n) is 5.22. The lowest BCUT2D eigenvalue weighted by Crippen LogP contribution is -2.12. The molecule has 0 saturated heterocycles. The predicted molar refractivity (Wildman–Crippen MR) is 93.0 cm³/mol. The van der Waals surface area contributed by atoms with Crippen LogP contribution in [0.1, 0.15) is 34.6 Å². The van der Waals surface area contributed by atoms with Crippen LogP contribution >= 0.6 is 0 Å². The molecule has 6 heteroatoms. The molecular weight excluding hydrogens is 322 g/mol. The molecule has 2 aromatic rings. The van der Waals surface area contributed by atoms with Gasteiger partial charge >= 0.3 is 5.97 Å². The Morgan fingerprint density at radius 1 is 1.00 bits per heavy atom. The molecular formula is C19H19NO5. The van der Waals surface area contributed by atoms with Crippen molar-refractivity contribution in [3.63, 3.8) is 0 Å². The van der Waals surface area contributed by atoms with E-state index in [9.17, 15) is 14.4 Å². The molecule has 25 heavy (non-hydrogen) atoms. The molecule has 0 atom stereocenters. The summed E-state index contributed by atoms with van der Waals surface area (Å²) in [4.78, 5) is 34.8. The van der Waals surface area contributed by atoms with Crippen LogP contribution in [-0.2, 0) is 9.53 Å². The summed E-state index contributed by atoms with van der Waals surface area (Å²) >= 11 is 0. The summed E-state index contributed by atoms with van der Waals surface area (Å²) in [6.07, 6.45) is 0. The van der Waals surface area contributed by atoms with Crippen LogP contribution in [-0.4, -0.2) is 30.9 Å². The van der Waals surface area contributed by atoms with Crippen LogP contribution in [0.25, 0.3) is 0 Å². The molecule has 2 aromatic carbocycles. The smallest absolute Gasteiger partial charge is 0.338 e. The summed E-state index contributed by atoms with van der Waals surface area (Å²) in [5.74, 6) is -0.415. The summed E-state index contributed by atoms with van der Waals surface area (Å²) in [6.45, 7) is 3.27. The minimum Gasteiger partial charge on any atom is -0.485 e. The van der Waals surface area contributed by atoms with E-state index < -0.39 is 5.97 Å². The molecule has 0 aliphatic carbocycles. The van der Waals surface area contributed by atoms with Crippen molar-refractivity contribution in [2.75, 3.05) is 18.5 Å². The van der Waals surface area contributed by atoms with Crippen molar-refractivity contribution in [1.29, 1.82) is 0 Å². The zero-order chi connectivity index (χ0) is 18.2. The second kappa shape index (κ2) is 8.63. The van der Waals surface area contributed by atoms with Crippen molar-refractivity contribution in [2.24, 2.45) is 0 Å². The van der Waals surface area contributed by atoms with Gasteiger partial charge in [-0.25, -0.2) is 4.79 Å². The summed E-state index contributed by atoms with van der Waals surface area (Å²) in [7, 11) is 0. The highest BCUT2D eigenvalue weighted by Crippen LogP contribution is 2.15. The number of amides is 1. The van der Waals surface area contributed by atoms with Gasteiger partial charge in [0.25, 0.3) is 0 Å². The molecule has 6 nitrogen and oxygen atoms in total. The minimum atomic E-state index is -0.437. The first-order valence-electron chi connectivity index (χ1n) is 7.80. The molecule has 1 amide bonds. The first-order valence-corrected chi connectivity index (χ1v) is 7.80. The first-order chi connectivity index (χ1) is 12.0. The average molecular weight is 341 g/mol. The van der Waals surface area contributed by atoms with Gasteiger partial charge in [0, 0.05) is 18.2 Å². The SMILES string of the molecule is CCOC(=O)c1cccc(OCC(=O)c2ccc(NC(C)=O)cc2)c1. The number of ether oxygens (including phenoxy) is 2. The van der Waals surface area contributed by atoms with Crippen LogP contribution in [0, 0.1) is 0 Å². The number of ketones is 1. The lowest BCUT2D eigenvalue weighted by atomic mass is 10.1. The molecule has 0 aliphatic rings. The van der Waals surface area contributed by atoms with E-state index in [1.165, 1.54) is 13.0 Å². The van der Waals surface area contributed by atoms with Gasteiger partial charge in [-0.2, -0.15) is 0 Å². The Morgan fingerprint density at radius 3 is 2.36 bits per heavy atom. The van der Waals surface area contributed by atoms with E-state index in [4.69, 9.17) is 9.47 Å². The summed E-state index contributed by atoms with van der Waals surface area (Å²) in [6, 6.07) is 13.0. The van der Waals surface area contributed by atoms with Gasteiger partial charge in [-0.15, -0.1) is 0 Å². The van der Waals surface area contributed by atoms with Gasteiger partial charge < -0.3 is 14.8 Å². The topological polar surface area (TPSA) is 81.7 Å². The van der Waals surface area contributed by atoms with Crippen LogP contribution in [0.15, 0.2) is 48.5 Å². The second-order valence-corrected chi connectivity index (χ2v) is 5.22. The monoisotopic (exact) mass is 341 g/mol. The van der Waals surface area contributed by atoms with Gasteiger partial charge in [0.15, 0.2) is 12.4 Å². The van der Waals surface area contributed by atoms with E-state index in [1.807, 2.05) is 0 Å². The van der Waals surface area contributed by atoms with Crippen LogP contribution < -0.4 is 10.1 Å². The fourth-order valence-electron chi connectivity index (χ4n) is 2.10. The number of benzene rings is 2. The zero-order valence-corrected chi connectivity index (χ0v) is 14.1. The maximum Gasteiger partial charge on any atom is 0.338 e. The Morgan fingerprint density at radius 2 is 1.72 bits per heavy atom. The molecule has 130 valence electrons. The fourth-order valence-corrected chi connectivity index (χ4v) is 2.10. The van der Waals surface area contributed by atoms with Gasteiger partial charge in [0.05, 0.1) is 12.2 Å². The Bertz CT molecular complexity index is 768. The van der Waals surface area contributed by atoms with Gasteiger partial charge in [-0.05, 0) is 49.4 Å². The quantitative estimate of drug-likeness (QED) is 0.618. The summed E-state index contributed by atoms with van der Waals surface area (Å²) in [5, 5.41) is 2.63. The molecule has 0 bridgehead atoms. The molecule has 0 heterocycles. The molecule has 0 radical (unpaired) electrons. The Labute approximate surface area is 145 Å². The lowest BCUT2D eigenvalue weighted by molar-refractivity contribution is -0.114. The van der Waals surface area contributed by atoms with Crippen LogP contribution in [0.2, 0.25) is 0 Å². The highest BCUT2D eigenvalue weighted by molar-refractivity contribution is 5.98. The number of esters is 1. The van der Waals surface area contributed by atoms with E-state index in [2.05, 4.69) is 5.32 Å². The van der Waals surface area contributed by atoms with Crippen molar-refractivity contribution in [1.82, 2.24) is 0 Å². The van der Waals surface area contributed by atoms with Crippen molar-refractivity contribution in [2.45, 2.75) is 13.8 Å². The first kappa shape index (κ1) is 18.2. The largest absolute Gasteiger partial charge is 0.485 e. The number of nitrogens with one attached hydrogen (secondary N) is 1. The molecule has 0 fully saturated rings. The minimum absolute atomic E-state index is 0.161. The van der Waals surface area contributed by atoms with Crippen molar-refractivity contribution in [3.8, 4) is 5.75 Å². The molecule has 1 N–H and O–H groups in total. The van der Waals surface area contributed by atoms with E-state index in [1.54, 1.807) is 49.4 Å². The number of hydrogen-bond acceptors (Lipinski definition) is 5. The predicted octanol–water partition coefficient (Wildman–Crippen LogP) is 3.08. The Hall–Kier alpha value is -3.15. The van der Waals surface area contributed by atoms with Crippen LogP contribution in [0.3, 0.4) is 0 Å². The average Bonchev–Trinajstić information content (AvgIpc) is 2.60. The molecule has 0 unspecified atom stereocenters. The van der Waals surface area contributed by atoms with E-state index in [-0.39, 0.29) is 24.9 Å². The number of Topliss-reactive ketones (excluding diaryl/α,β-unsaturated/α-hetero) is 1. The number of anilines is 1. The standard InChI is InChI=1S/C19H19NO5/c1-3-24-19(23)15-5-4-6-17(11-15)25-12-18(22)14-7-9-16(10-8-14)20-13(2)21/h4-11H,3,12H2,1-2H3,(H,20,21). The highest BCUT2D eigenvalue weighted by atomic mass is 16.5. The van der Waals surface area contributed by atoms with Gasteiger partial charge in [0.1, 0.15) is 5.75 Å². The summed E-state index contributed by atoms with van der Waals surface area (Å²) in [5.41, 5.74) is 1.45. The third kappa shape index (κ3) is 5.46. The number of hydrogen-bond donors (Lipinski definition) is 1. The van der Waals surface area contributed by atoms with E-state index in [0.29, 0.717) is 22.6 Å². The zero-order valence-electron chi connectivity index (χ0n) is 14.1. The third-order valence-corrected chi connectivity index (χ3v) is 3.24. The van der Waals surface area contributed by atoms with Gasteiger partial charge in [-0.1, -0.05) is 6.07 Å². The number of carbonyl (C=O) groups excluding carboxylic acids is 3. The third-order valence-electron chi connectivity index (χ3n) is 3.24. The molecule has 0 saturated carbocycles. The molecule has 0 aliphatic heterocycles.